The molecule has 27 heavy (non-hydrogen) atoms. The van der Waals surface area contributed by atoms with E-state index in [2.05, 4.69) is 16.1 Å². The van der Waals surface area contributed by atoms with E-state index in [-0.39, 0.29) is 22.3 Å². The topological polar surface area (TPSA) is 108 Å². The Bertz CT molecular complexity index is 991. The summed E-state index contributed by atoms with van der Waals surface area (Å²) in [7, 11) is -2.38. The summed E-state index contributed by atoms with van der Waals surface area (Å²) in [4.78, 5) is 12.5. The van der Waals surface area contributed by atoms with Crippen LogP contribution in [0.2, 0.25) is 0 Å². The Kier molecular flexibility index (Phi) is 5.44. The zero-order valence-corrected chi connectivity index (χ0v) is 15.5. The third-order valence-corrected chi connectivity index (χ3v) is 5.65. The molecule has 1 amide bonds. The second-order valence-corrected chi connectivity index (χ2v) is 7.93. The summed E-state index contributed by atoms with van der Waals surface area (Å²) in [6.07, 6.45) is 1.91. The van der Waals surface area contributed by atoms with Gasteiger partial charge in [-0.2, -0.15) is 5.26 Å². The maximum atomic E-state index is 12.5. The van der Waals surface area contributed by atoms with Crippen molar-refractivity contribution >= 4 is 21.6 Å². The van der Waals surface area contributed by atoms with E-state index in [1.54, 1.807) is 24.3 Å². The van der Waals surface area contributed by atoms with Gasteiger partial charge < -0.3 is 10.1 Å². The van der Waals surface area contributed by atoms with E-state index in [1.165, 1.54) is 25.3 Å². The first kappa shape index (κ1) is 18.9. The molecule has 7 nitrogen and oxygen atoms in total. The minimum absolute atomic E-state index is 0.0517. The van der Waals surface area contributed by atoms with Crippen molar-refractivity contribution in [3.8, 4) is 11.8 Å². The molecule has 0 spiro atoms. The third-order valence-electron chi connectivity index (χ3n) is 4.11. The monoisotopic (exact) mass is 385 g/mol. The van der Waals surface area contributed by atoms with Crippen molar-refractivity contribution in [1.29, 1.82) is 5.26 Å². The van der Waals surface area contributed by atoms with Crippen LogP contribution in [0.5, 0.6) is 5.75 Å². The van der Waals surface area contributed by atoms with Crippen molar-refractivity contribution in [3.05, 3.63) is 53.6 Å². The molecular weight excluding hydrogens is 366 g/mol. The Morgan fingerprint density at radius 2 is 1.93 bits per heavy atom. The molecule has 2 aromatic rings. The standard InChI is InChI=1S/C19H19N3O4S/c1-26-17-9-4-14(12-18(17)27(24,25)22-16-7-8-16)19(23)21-15-5-2-13(3-6-15)10-11-20/h2-6,9,12,16,22H,7-8,10H2,1H3,(H,21,23). The van der Waals surface area contributed by atoms with Gasteiger partial charge in [0, 0.05) is 17.3 Å². The van der Waals surface area contributed by atoms with E-state index in [0.29, 0.717) is 12.1 Å². The molecule has 0 heterocycles. The first-order chi connectivity index (χ1) is 12.9. The molecule has 0 aromatic heterocycles. The van der Waals surface area contributed by atoms with Crippen molar-refractivity contribution < 1.29 is 17.9 Å². The van der Waals surface area contributed by atoms with Gasteiger partial charge in [-0.15, -0.1) is 0 Å². The lowest BCUT2D eigenvalue weighted by Gasteiger charge is -2.12. The summed E-state index contributed by atoms with van der Waals surface area (Å²) in [6, 6.07) is 13.2. The molecular formula is C19H19N3O4S. The highest BCUT2D eigenvalue weighted by atomic mass is 32.2. The lowest BCUT2D eigenvalue weighted by Crippen LogP contribution is -2.26. The number of amides is 1. The summed E-state index contributed by atoms with van der Waals surface area (Å²) < 4.78 is 32.8. The van der Waals surface area contributed by atoms with Crippen LogP contribution in [-0.4, -0.2) is 27.5 Å². The zero-order valence-electron chi connectivity index (χ0n) is 14.7. The van der Waals surface area contributed by atoms with Crippen molar-refractivity contribution in [2.24, 2.45) is 0 Å². The Morgan fingerprint density at radius 3 is 2.52 bits per heavy atom. The van der Waals surface area contributed by atoms with Gasteiger partial charge >= 0.3 is 0 Å². The van der Waals surface area contributed by atoms with Crippen LogP contribution in [-0.2, 0) is 16.4 Å². The fraction of sp³-hybridized carbons (Fsp3) is 0.263. The van der Waals surface area contributed by atoms with Crippen LogP contribution in [0.25, 0.3) is 0 Å². The van der Waals surface area contributed by atoms with E-state index in [9.17, 15) is 13.2 Å². The van der Waals surface area contributed by atoms with Crippen LogP contribution < -0.4 is 14.8 Å². The van der Waals surface area contributed by atoms with E-state index in [1.807, 2.05) is 0 Å². The van der Waals surface area contributed by atoms with Gasteiger partial charge in [-0.1, -0.05) is 12.1 Å². The first-order valence-electron chi connectivity index (χ1n) is 8.40. The molecule has 8 heteroatoms. The Hall–Kier alpha value is -2.89. The number of ether oxygens (including phenoxy) is 1. The van der Waals surface area contributed by atoms with Gasteiger partial charge in [-0.3, -0.25) is 4.79 Å². The van der Waals surface area contributed by atoms with E-state index in [4.69, 9.17) is 10.00 Å². The molecule has 1 fully saturated rings. The van der Waals surface area contributed by atoms with Gasteiger partial charge in [0.2, 0.25) is 10.0 Å². The average molecular weight is 385 g/mol. The Morgan fingerprint density at radius 1 is 1.22 bits per heavy atom. The molecule has 0 bridgehead atoms. The molecule has 0 radical (unpaired) electrons. The zero-order chi connectivity index (χ0) is 19.4. The van der Waals surface area contributed by atoms with E-state index in [0.717, 1.165) is 18.4 Å². The normalized spacial score (nSPS) is 13.6. The van der Waals surface area contributed by atoms with E-state index >= 15 is 0 Å². The minimum Gasteiger partial charge on any atom is -0.495 e. The summed E-state index contributed by atoms with van der Waals surface area (Å²) in [6.45, 7) is 0. The van der Waals surface area contributed by atoms with Crippen LogP contribution in [0, 0.1) is 11.3 Å². The highest BCUT2D eigenvalue weighted by molar-refractivity contribution is 7.89. The predicted octanol–water partition coefficient (Wildman–Crippen LogP) is 2.45. The fourth-order valence-corrected chi connectivity index (χ4v) is 4.01. The van der Waals surface area contributed by atoms with Crippen molar-refractivity contribution in [3.63, 3.8) is 0 Å². The first-order valence-corrected chi connectivity index (χ1v) is 9.89. The summed E-state index contributed by atoms with van der Waals surface area (Å²) >= 11 is 0. The van der Waals surface area contributed by atoms with Crippen molar-refractivity contribution in [1.82, 2.24) is 4.72 Å². The van der Waals surface area contributed by atoms with Gasteiger partial charge in [-0.05, 0) is 48.7 Å². The van der Waals surface area contributed by atoms with Gasteiger partial charge in [0.05, 0.1) is 19.6 Å². The number of nitrogens with one attached hydrogen (secondary N) is 2. The number of benzene rings is 2. The number of nitriles is 1. The number of carbonyl (C=O) groups excluding carboxylic acids is 1. The Balaban J connectivity index is 1.82. The maximum absolute atomic E-state index is 12.5. The van der Waals surface area contributed by atoms with Crippen LogP contribution in [0.3, 0.4) is 0 Å². The Labute approximate surface area is 158 Å². The number of hydrogen-bond acceptors (Lipinski definition) is 5. The quantitative estimate of drug-likeness (QED) is 0.761. The third kappa shape index (κ3) is 4.64. The molecule has 3 rings (SSSR count). The molecule has 1 aliphatic carbocycles. The van der Waals surface area contributed by atoms with Crippen LogP contribution in [0.1, 0.15) is 28.8 Å². The van der Waals surface area contributed by atoms with Crippen LogP contribution in [0.4, 0.5) is 5.69 Å². The van der Waals surface area contributed by atoms with Crippen LogP contribution >= 0.6 is 0 Å². The number of nitrogens with zero attached hydrogens (tertiary/aromatic N) is 1. The summed E-state index contributed by atoms with van der Waals surface area (Å²) in [5.74, 6) is -0.255. The summed E-state index contributed by atoms with van der Waals surface area (Å²) in [5.41, 5.74) is 1.60. The second-order valence-electron chi connectivity index (χ2n) is 6.25. The smallest absolute Gasteiger partial charge is 0.255 e. The van der Waals surface area contributed by atoms with E-state index < -0.39 is 15.9 Å². The predicted molar refractivity (Wildman–Crippen MR) is 100 cm³/mol. The molecule has 0 atom stereocenters. The van der Waals surface area contributed by atoms with Crippen molar-refractivity contribution in [2.45, 2.75) is 30.2 Å². The molecule has 0 unspecified atom stereocenters. The number of sulfonamides is 1. The van der Waals surface area contributed by atoms with Gasteiger partial charge in [0.1, 0.15) is 10.6 Å². The lowest BCUT2D eigenvalue weighted by atomic mass is 10.1. The largest absolute Gasteiger partial charge is 0.495 e. The SMILES string of the molecule is COc1ccc(C(=O)Nc2ccc(CC#N)cc2)cc1S(=O)(=O)NC1CC1. The number of rotatable bonds is 7. The molecule has 1 saturated carbocycles. The van der Waals surface area contributed by atoms with Gasteiger partial charge in [0.15, 0.2) is 0 Å². The number of anilines is 1. The maximum Gasteiger partial charge on any atom is 0.255 e. The molecule has 1 aliphatic rings. The van der Waals surface area contributed by atoms with Crippen molar-refractivity contribution in [2.75, 3.05) is 12.4 Å². The molecule has 0 aliphatic heterocycles. The van der Waals surface area contributed by atoms with Gasteiger partial charge in [0.25, 0.3) is 5.91 Å². The average Bonchev–Trinajstić information content (AvgIpc) is 3.46. The molecule has 140 valence electrons. The van der Waals surface area contributed by atoms with Gasteiger partial charge in [-0.25, -0.2) is 13.1 Å². The molecule has 0 saturated heterocycles. The second kappa shape index (κ2) is 7.78. The number of methoxy groups -OCH3 is 1. The highest BCUT2D eigenvalue weighted by Crippen LogP contribution is 2.28. The van der Waals surface area contributed by atoms with Crippen LogP contribution in [0.15, 0.2) is 47.4 Å². The summed E-state index contributed by atoms with van der Waals surface area (Å²) in [5, 5.41) is 11.4. The lowest BCUT2D eigenvalue weighted by molar-refractivity contribution is 0.102. The molecule has 2 N–H and O–H groups in total. The molecule has 2 aromatic carbocycles. The highest BCUT2D eigenvalue weighted by Gasteiger charge is 2.30. The fourth-order valence-electron chi connectivity index (χ4n) is 2.51. The number of hydrogen-bond donors (Lipinski definition) is 2. The minimum atomic E-state index is -3.77. The number of carbonyl (C=O) groups is 1.